The lowest BCUT2D eigenvalue weighted by Crippen LogP contribution is -2.37. The third kappa shape index (κ3) is 7.82. The smallest absolute Gasteiger partial charge is 0.321 e. The Kier molecular flexibility index (Phi) is 9.51. The summed E-state index contributed by atoms with van der Waals surface area (Å²) in [5.74, 6) is 0. The van der Waals surface area contributed by atoms with Gasteiger partial charge in [-0.3, -0.25) is 0 Å². The standard InChI is InChI=1S/C22H28Cl2N2O/c1-2-3-4-5-9-15-26(16-14-18-10-7-6-8-11-18)22(27)25-21-13-12-19(23)17-20(21)24/h6-8,10-13,17H,2-5,9,14-16H2,1H3,(H,25,27). The quantitative estimate of drug-likeness (QED) is 0.421. The summed E-state index contributed by atoms with van der Waals surface area (Å²) in [7, 11) is 0. The summed E-state index contributed by atoms with van der Waals surface area (Å²) in [5.41, 5.74) is 1.81. The maximum Gasteiger partial charge on any atom is 0.321 e. The second-order valence-electron chi connectivity index (χ2n) is 6.69. The summed E-state index contributed by atoms with van der Waals surface area (Å²) in [5, 5.41) is 3.92. The molecule has 2 aromatic carbocycles. The fraction of sp³-hybridized carbons (Fsp3) is 0.409. The number of anilines is 1. The number of hydrogen-bond acceptors (Lipinski definition) is 1. The Morgan fingerprint density at radius 1 is 0.963 bits per heavy atom. The lowest BCUT2D eigenvalue weighted by Gasteiger charge is -2.23. The molecule has 0 unspecified atom stereocenters. The first-order valence-corrected chi connectivity index (χ1v) is 10.4. The number of nitrogens with one attached hydrogen (secondary N) is 1. The fourth-order valence-corrected chi connectivity index (χ4v) is 3.37. The highest BCUT2D eigenvalue weighted by molar-refractivity contribution is 6.36. The molecule has 0 aliphatic rings. The van der Waals surface area contributed by atoms with E-state index in [1.165, 1.54) is 24.8 Å². The molecule has 0 saturated carbocycles. The Hall–Kier alpha value is -1.71. The Morgan fingerprint density at radius 3 is 2.41 bits per heavy atom. The number of rotatable bonds is 10. The van der Waals surface area contributed by atoms with Gasteiger partial charge in [0, 0.05) is 18.1 Å². The Labute approximate surface area is 172 Å². The summed E-state index contributed by atoms with van der Waals surface area (Å²) in [6.07, 6.45) is 6.66. The average Bonchev–Trinajstić information content (AvgIpc) is 2.67. The molecule has 0 radical (unpaired) electrons. The normalized spacial score (nSPS) is 10.6. The monoisotopic (exact) mass is 406 g/mol. The Morgan fingerprint density at radius 2 is 1.70 bits per heavy atom. The van der Waals surface area contributed by atoms with Gasteiger partial charge in [-0.15, -0.1) is 0 Å². The van der Waals surface area contributed by atoms with Crippen LogP contribution in [0.25, 0.3) is 0 Å². The third-order valence-electron chi connectivity index (χ3n) is 4.50. The van der Waals surface area contributed by atoms with E-state index in [-0.39, 0.29) is 6.03 Å². The van der Waals surface area contributed by atoms with Gasteiger partial charge < -0.3 is 10.2 Å². The molecule has 0 spiro atoms. The van der Waals surface area contributed by atoms with Crippen LogP contribution in [0, 0.1) is 0 Å². The van der Waals surface area contributed by atoms with E-state index in [0.717, 1.165) is 25.8 Å². The second kappa shape index (κ2) is 11.9. The van der Waals surface area contributed by atoms with Gasteiger partial charge in [-0.05, 0) is 36.6 Å². The first kappa shape index (κ1) is 21.6. The largest absolute Gasteiger partial charge is 0.324 e. The highest BCUT2D eigenvalue weighted by Crippen LogP contribution is 2.25. The van der Waals surface area contributed by atoms with Crippen molar-refractivity contribution in [3.05, 3.63) is 64.1 Å². The Balaban J connectivity index is 1.96. The molecular weight excluding hydrogens is 379 g/mol. The molecule has 2 aromatic rings. The van der Waals surface area contributed by atoms with Crippen LogP contribution < -0.4 is 5.32 Å². The van der Waals surface area contributed by atoms with Crippen molar-refractivity contribution in [2.75, 3.05) is 18.4 Å². The Bertz CT molecular complexity index is 707. The topological polar surface area (TPSA) is 32.3 Å². The molecule has 2 rings (SSSR count). The van der Waals surface area contributed by atoms with E-state index in [4.69, 9.17) is 23.2 Å². The number of unbranched alkanes of at least 4 members (excludes halogenated alkanes) is 4. The number of carbonyl (C=O) groups excluding carboxylic acids is 1. The van der Waals surface area contributed by atoms with E-state index in [0.29, 0.717) is 22.3 Å². The van der Waals surface area contributed by atoms with E-state index < -0.39 is 0 Å². The molecule has 146 valence electrons. The van der Waals surface area contributed by atoms with Crippen LogP contribution in [0.3, 0.4) is 0 Å². The maximum absolute atomic E-state index is 12.8. The lowest BCUT2D eigenvalue weighted by molar-refractivity contribution is 0.211. The summed E-state index contributed by atoms with van der Waals surface area (Å²) in [4.78, 5) is 14.7. The van der Waals surface area contributed by atoms with E-state index in [1.807, 2.05) is 23.1 Å². The number of carbonyl (C=O) groups is 1. The number of halogens is 2. The minimum Gasteiger partial charge on any atom is -0.324 e. The van der Waals surface area contributed by atoms with Crippen molar-refractivity contribution in [3.63, 3.8) is 0 Å². The second-order valence-corrected chi connectivity index (χ2v) is 7.53. The molecule has 0 atom stereocenters. The molecule has 5 heteroatoms. The van der Waals surface area contributed by atoms with Crippen molar-refractivity contribution in [1.29, 1.82) is 0 Å². The van der Waals surface area contributed by atoms with E-state index >= 15 is 0 Å². The first-order valence-electron chi connectivity index (χ1n) is 9.65. The summed E-state index contributed by atoms with van der Waals surface area (Å²) >= 11 is 12.1. The molecule has 0 aromatic heterocycles. The van der Waals surface area contributed by atoms with Crippen LogP contribution in [0.5, 0.6) is 0 Å². The average molecular weight is 407 g/mol. The molecular formula is C22H28Cl2N2O. The van der Waals surface area contributed by atoms with Gasteiger partial charge in [0.25, 0.3) is 0 Å². The van der Waals surface area contributed by atoms with Crippen molar-refractivity contribution in [2.24, 2.45) is 0 Å². The van der Waals surface area contributed by atoms with Gasteiger partial charge in [-0.2, -0.15) is 0 Å². The molecule has 0 aliphatic heterocycles. The van der Waals surface area contributed by atoms with Crippen LogP contribution in [0.2, 0.25) is 10.0 Å². The van der Waals surface area contributed by atoms with Crippen molar-refractivity contribution >= 4 is 34.9 Å². The zero-order valence-corrected chi connectivity index (χ0v) is 17.4. The minimum absolute atomic E-state index is 0.120. The van der Waals surface area contributed by atoms with Crippen molar-refractivity contribution < 1.29 is 4.79 Å². The van der Waals surface area contributed by atoms with Crippen LogP contribution in [-0.2, 0) is 6.42 Å². The van der Waals surface area contributed by atoms with Gasteiger partial charge in [0.05, 0.1) is 10.7 Å². The summed E-state index contributed by atoms with van der Waals surface area (Å²) in [6.45, 7) is 3.62. The van der Waals surface area contributed by atoms with Crippen molar-refractivity contribution in [3.8, 4) is 0 Å². The van der Waals surface area contributed by atoms with E-state index in [9.17, 15) is 4.79 Å². The van der Waals surface area contributed by atoms with E-state index in [1.54, 1.807) is 18.2 Å². The predicted octanol–water partition coefficient (Wildman–Crippen LogP) is 7.04. The lowest BCUT2D eigenvalue weighted by atomic mass is 10.1. The minimum atomic E-state index is -0.120. The molecule has 0 bridgehead atoms. The van der Waals surface area contributed by atoms with Gasteiger partial charge in [-0.25, -0.2) is 4.79 Å². The maximum atomic E-state index is 12.8. The fourth-order valence-electron chi connectivity index (χ4n) is 2.91. The SMILES string of the molecule is CCCCCCCN(CCc1ccccc1)C(=O)Nc1ccc(Cl)cc1Cl. The third-order valence-corrected chi connectivity index (χ3v) is 5.05. The highest BCUT2D eigenvalue weighted by atomic mass is 35.5. The number of urea groups is 1. The van der Waals surface area contributed by atoms with Crippen LogP contribution in [0.1, 0.15) is 44.6 Å². The molecule has 1 N–H and O–H groups in total. The molecule has 0 fully saturated rings. The van der Waals surface area contributed by atoms with E-state index in [2.05, 4.69) is 24.4 Å². The molecule has 3 nitrogen and oxygen atoms in total. The number of nitrogens with zero attached hydrogens (tertiary/aromatic N) is 1. The van der Waals surface area contributed by atoms with Crippen LogP contribution in [0.4, 0.5) is 10.5 Å². The summed E-state index contributed by atoms with van der Waals surface area (Å²) < 4.78 is 0. The van der Waals surface area contributed by atoms with Crippen molar-refractivity contribution in [2.45, 2.75) is 45.4 Å². The highest BCUT2D eigenvalue weighted by Gasteiger charge is 2.15. The zero-order valence-electron chi connectivity index (χ0n) is 15.9. The number of amides is 2. The molecule has 27 heavy (non-hydrogen) atoms. The molecule has 0 heterocycles. The van der Waals surface area contributed by atoms with Gasteiger partial charge in [0.1, 0.15) is 0 Å². The zero-order chi connectivity index (χ0) is 19.5. The number of benzene rings is 2. The number of hydrogen-bond donors (Lipinski definition) is 1. The molecule has 2 amide bonds. The molecule has 0 aliphatic carbocycles. The van der Waals surface area contributed by atoms with Gasteiger partial charge in [0.2, 0.25) is 0 Å². The van der Waals surface area contributed by atoms with Crippen molar-refractivity contribution in [1.82, 2.24) is 4.90 Å². The van der Waals surface area contributed by atoms with Crippen LogP contribution >= 0.6 is 23.2 Å². The van der Waals surface area contributed by atoms with Crippen LogP contribution in [0.15, 0.2) is 48.5 Å². The first-order chi connectivity index (χ1) is 13.1. The predicted molar refractivity (Wildman–Crippen MR) is 116 cm³/mol. The van der Waals surface area contributed by atoms with Gasteiger partial charge in [0.15, 0.2) is 0 Å². The van der Waals surface area contributed by atoms with Gasteiger partial charge in [-0.1, -0.05) is 86.1 Å². The van der Waals surface area contributed by atoms with Gasteiger partial charge >= 0.3 is 6.03 Å². The summed E-state index contributed by atoms with van der Waals surface area (Å²) in [6, 6.07) is 15.2. The van der Waals surface area contributed by atoms with Crippen LogP contribution in [-0.4, -0.2) is 24.0 Å². The molecule has 0 saturated heterocycles.